The van der Waals surface area contributed by atoms with Crippen LogP contribution in [-0.4, -0.2) is 25.8 Å². The molecule has 1 aromatic carbocycles. The van der Waals surface area contributed by atoms with E-state index in [1.807, 2.05) is 13.0 Å². The van der Waals surface area contributed by atoms with Gasteiger partial charge in [-0.15, -0.1) is 12.4 Å². The Morgan fingerprint density at radius 1 is 1.41 bits per heavy atom. The van der Waals surface area contributed by atoms with Crippen LogP contribution in [-0.2, 0) is 11.3 Å². The first-order chi connectivity index (χ1) is 7.88. The topological polar surface area (TPSA) is 30.5 Å². The van der Waals surface area contributed by atoms with Gasteiger partial charge in [0.15, 0.2) is 0 Å². The van der Waals surface area contributed by atoms with Crippen molar-refractivity contribution < 1.29 is 9.47 Å². The first kappa shape index (κ1) is 12.7. The van der Waals surface area contributed by atoms with Gasteiger partial charge in [-0.3, -0.25) is 0 Å². The lowest BCUT2D eigenvalue weighted by atomic mass is 9.89. The van der Waals surface area contributed by atoms with Crippen LogP contribution in [0, 0.1) is 0 Å². The number of benzene rings is 1. The molecule has 1 fully saturated rings. The van der Waals surface area contributed by atoms with Crippen molar-refractivity contribution in [1.82, 2.24) is 5.32 Å². The van der Waals surface area contributed by atoms with Crippen molar-refractivity contribution in [3.63, 3.8) is 0 Å². The van der Waals surface area contributed by atoms with Crippen LogP contribution in [0.25, 0.3) is 0 Å². The first-order valence-electron chi connectivity index (χ1n) is 5.96. The molecule has 1 saturated heterocycles. The lowest BCUT2D eigenvalue weighted by Gasteiger charge is -2.28. The van der Waals surface area contributed by atoms with Gasteiger partial charge in [-0.2, -0.15) is 0 Å². The molecule has 1 aromatic rings. The highest BCUT2D eigenvalue weighted by molar-refractivity contribution is 5.85. The molecule has 0 amide bonds. The second-order valence-electron chi connectivity index (χ2n) is 4.41. The quantitative estimate of drug-likeness (QED) is 0.878. The van der Waals surface area contributed by atoms with Crippen molar-refractivity contribution in [1.29, 1.82) is 0 Å². The summed E-state index contributed by atoms with van der Waals surface area (Å²) in [7, 11) is 0. The molecule has 2 unspecified atom stereocenters. The van der Waals surface area contributed by atoms with Crippen LogP contribution in [0.15, 0.2) is 18.2 Å². The van der Waals surface area contributed by atoms with Gasteiger partial charge in [0.1, 0.15) is 5.75 Å². The Hall–Kier alpha value is -0.770. The van der Waals surface area contributed by atoms with Gasteiger partial charge in [0, 0.05) is 19.0 Å². The van der Waals surface area contributed by atoms with Crippen LogP contribution in [0.5, 0.6) is 5.75 Å². The molecule has 2 atom stereocenters. The maximum absolute atomic E-state index is 5.82. The number of hydrogen-bond donors (Lipinski definition) is 1. The first-order valence-corrected chi connectivity index (χ1v) is 5.96. The smallest absolute Gasteiger partial charge is 0.119 e. The Morgan fingerprint density at radius 2 is 2.29 bits per heavy atom. The van der Waals surface area contributed by atoms with Gasteiger partial charge in [0.25, 0.3) is 0 Å². The maximum Gasteiger partial charge on any atom is 0.119 e. The Bertz CT molecular complexity index is 397. The normalized spacial score (nSPS) is 25.7. The van der Waals surface area contributed by atoms with Crippen LogP contribution in [0.3, 0.4) is 0 Å². The number of rotatable bonds is 2. The van der Waals surface area contributed by atoms with Gasteiger partial charge in [-0.05, 0) is 30.2 Å². The molecule has 3 nitrogen and oxygen atoms in total. The summed E-state index contributed by atoms with van der Waals surface area (Å²) in [5, 5.41) is 3.39. The monoisotopic (exact) mass is 255 g/mol. The molecule has 17 heavy (non-hydrogen) atoms. The number of ether oxygens (including phenoxy) is 2. The SMILES string of the molecule is CCOc1ccc2c(c1)C1CNCC1OC2.Cl. The predicted molar refractivity (Wildman–Crippen MR) is 69.0 cm³/mol. The van der Waals surface area contributed by atoms with Crippen molar-refractivity contribution in [2.24, 2.45) is 0 Å². The van der Waals surface area contributed by atoms with E-state index in [1.54, 1.807) is 0 Å². The lowest BCUT2D eigenvalue weighted by Crippen LogP contribution is -2.26. The standard InChI is InChI=1S/C13H17NO2.ClH/c1-2-15-10-4-3-9-8-16-13-7-14-6-12(13)11(9)5-10;/h3-5,12-14H,2,6-8H2,1H3;1H. The fourth-order valence-corrected chi connectivity index (χ4v) is 2.64. The number of fused-ring (bicyclic) bond motifs is 3. The third-order valence-corrected chi connectivity index (χ3v) is 3.44. The van der Waals surface area contributed by atoms with Crippen LogP contribution in [0.1, 0.15) is 24.0 Å². The number of nitrogens with one attached hydrogen (secondary N) is 1. The summed E-state index contributed by atoms with van der Waals surface area (Å²) in [6.07, 6.45) is 0.351. The summed E-state index contributed by atoms with van der Waals surface area (Å²) in [6.45, 7) is 5.48. The average Bonchev–Trinajstić information content (AvgIpc) is 2.78. The summed E-state index contributed by atoms with van der Waals surface area (Å²) >= 11 is 0. The molecular weight excluding hydrogens is 238 g/mol. The molecule has 94 valence electrons. The van der Waals surface area contributed by atoms with Crippen LogP contribution in [0.2, 0.25) is 0 Å². The minimum Gasteiger partial charge on any atom is -0.494 e. The van der Waals surface area contributed by atoms with E-state index in [1.165, 1.54) is 11.1 Å². The summed E-state index contributed by atoms with van der Waals surface area (Å²) < 4.78 is 11.4. The van der Waals surface area contributed by atoms with Crippen molar-refractivity contribution in [3.8, 4) is 5.75 Å². The van der Waals surface area contributed by atoms with E-state index < -0.39 is 0 Å². The zero-order valence-corrected chi connectivity index (χ0v) is 10.8. The molecule has 2 heterocycles. The highest BCUT2D eigenvalue weighted by Gasteiger charge is 2.34. The maximum atomic E-state index is 5.82. The van der Waals surface area contributed by atoms with Gasteiger partial charge in [-0.25, -0.2) is 0 Å². The van der Waals surface area contributed by atoms with E-state index in [0.717, 1.165) is 32.1 Å². The van der Waals surface area contributed by atoms with Crippen molar-refractivity contribution in [2.45, 2.75) is 25.6 Å². The zero-order valence-electron chi connectivity index (χ0n) is 9.94. The molecule has 2 aliphatic heterocycles. The molecule has 1 N–H and O–H groups in total. The van der Waals surface area contributed by atoms with E-state index in [2.05, 4.69) is 17.4 Å². The zero-order chi connectivity index (χ0) is 11.0. The predicted octanol–water partition coefficient (Wildman–Crippen LogP) is 2.09. The summed E-state index contributed by atoms with van der Waals surface area (Å²) in [5.74, 6) is 1.48. The van der Waals surface area contributed by atoms with E-state index in [4.69, 9.17) is 9.47 Å². The van der Waals surface area contributed by atoms with Gasteiger partial charge in [0.2, 0.25) is 0 Å². The van der Waals surface area contributed by atoms with Gasteiger partial charge in [-0.1, -0.05) is 6.07 Å². The molecule has 0 radical (unpaired) electrons. The summed E-state index contributed by atoms with van der Waals surface area (Å²) in [4.78, 5) is 0. The van der Waals surface area contributed by atoms with Gasteiger partial charge >= 0.3 is 0 Å². The third kappa shape index (κ3) is 2.28. The van der Waals surface area contributed by atoms with Gasteiger partial charge in [0.05, 0.1) is 19.3 Å². The van der Waals surface area contributed by atoms with Crippen molar-refractivity contribution in [2.75, 3.05) is 19.7 Å². The number of halogens is 1. The molecule has 3 rings (SSSR count). The fraction of sp³-hybridized carbons (Fsp3) is 0.538. The van der Waals surface area contributed by atoms with E-state index in [0.29, 0.717) is 12.0 Å². The summed E-state index contributed by atoms with van der Waals surface area (Å²) in [6, 6.07) is 6.36. The largest absolute Gasteiger partial charge is 0.494 e. The summed E-state index contributed by atoms with van der Waals surface area (Å²) in [5.41, 5.74) is 2.72. The second kappa shape index (κ2) is 5.25. The highest BCUT2D eigenvalue weighted by atomic mass is 35.5. The van der Waals surface area contributed by atoms with Crippen LogP contribution >= 0.6 is 12.4 Å². The molecule has 2 aliphatic rings. The van der Waals surface area contributed by atoms with Crippen molar-refractivity contribution in [3.05, 3.63) is 29.3 Å². The fourth-order valence-electron chi connectivity index (χ4n) is 2.64. The molecule has 0 spiro atoms. The van der Waals surface area contributed by atoms with E-state index in [9.17, 15) is 0 Å². The van der Waals surface area contributed by atoms with E-state index in [-0.39, 0.29) is 12.4 Å². The minimum absolute atomic E-state index is 0. The van der Waals surface area contributed by atoms with E-state index >= 15 is 0 Å². The molecule has 0 aromatic heterocycles. The average molecular weight is 256 g/mol. The molecule has 0 saturated carbocycles. The Morgan fingerprint density at radius 3 is 3.12 bits per heavy atom. The third-order valence-electron chi connectivity index (χ3n) is 3.44. The number of hydrogen-bond acceptors (Lipinski definition) is 3. The van der Waals surface area contributed by atoms with Crippen LogP contribution < -0.4 is 10.1 Å². The molecule has 0 aliphatic carbocycles. The molecular formula is C13H18ClNO2. The molecule has 0 bridgehead atoms. The minimum atomic E-state index is 0. The van der Waals surface area contributed by atoms with Crippen molar-refractivity contribution >= 4 is 12.4 Å². The molecule has 4 heteroatoms. The van der Waals surface area contributed by atoms with Crippen LogP contribution in [0.4, 0.5) is 0 Å². The Balaban J connectivity index is 0.00000108. The van der Waals surface area contributed by atoms with Gasteiger partial charge < -0.3 is 14.8 Å². The highest BCUT2D eigenvalue weighted by Crippen LogP contribution is 2.35. The second-order valence-corrected chi connectivity index (χ2v) is 4.41. The Kier molecular flexibility index (Phi) is 3.92. The Labute approximate surface area is 108 Å². The lowest BCUT2D eigenvalue weighted by molar-refractivity contribution is 0.0298.